The minimum Gasteiger partial charge on any atom is -0.508 e. The van der Waals surface area contributed by atoms with Crippen LogP contribution in [0.2, 0.25) is 0 Å². The molecule has 0 saturated carbocycles. The lowest BCUT2D eigenvalue weighted by Crippen LogP contribution is -2.27. The summed E-state index contributed by atoms with van der Waals surface area (Å²) in [5.74, 6) is 0.733. The van der Waals surface area contributed by atoms with Crippen molar-refractivity contribution >= 4 is 46.0 Å². The Morgan fingerprint density at radius 3 is 2.85 bits per heavy atom. The summed E-state index contributed by atoms with van der Waals surface area (Å²) in [7, 11) is 0. The third-order valence-corrected chi connectivity index (χ3v) is 5.50. The second-order valence-electron chi connectivity index (χ2n) is 5.98. The van der Waals surface area contributed by atoms with E-state index in [4.69, 9.17) is 17.0 Å². The van der Waals surface area contributed by atoms with Crippen molar-refractivity contribution in [2.45, 2.75) is 13.0 Å². The number of carbonyl (C=O) groups excluding carboxylic acids is 1. The van der Waals surface area contributed by atoms with Crippen molar-refractivity contribution < 1.29 is 14.6 Å². The molecule has 0 spiro atoms. The van der Waals surface area contributed by atoms with E-state index in [2.05, 4.69) is 0 Å². The first-order chi connectivity index (χ1) is 12.5. The summed E-state index contributed by atoms with van der Waals surface area (Å²) >= 11 is 6.63. The summed E-state index contributed by atoms with van der Waals surface area (Å²) < 4.78 is 6.37. The number of aromatic hydroxyl groups is 1. The third-order valence-electron chi connectivity index (χ3n) is 4.19. The largest absolute Gasteiger partial charge is 0.508 e. The van der Waals surface area contributed by atoms with E-state index < -0.39 is 0 Å². The highest BCUT2D eigenvalue weighted by molar-refractivity contribution is 8.27. The van der Waals surface area contributed by atoms with E-state index in [0.29, 0.717) is 14.9 Å². The lowest BCUT2D eigenvalue weighted by Gasteiger charge is -2.23. The minimum atomic E-state index is -0.197. The Morgan fingerprint density at radius 1 is 1.23 bits per heavy atom. The van der Waals surface area contributed by atoms with Crippen LogP contribution in [-0.4, -0.2) is 21.4 Å². The first-order valence-corrected chi connectivity index (χ1v) is 9.29. The molecule has 2 heterocycles. The number of amides is 1. The molecule has 1 saturated heterocycles. The minimum absolute atomic E-state index is 0.0918. The van der Waals surface area contributed by atoms with Crippen LogP contribution >= 0.6 is 24.0 Å². The van der Waals surface area contributed by atoms with Crippen molar-refractivity contribution in [1.82, 2.24) is 0 Å². The highest BCUT2D eigenvalue weighted by atomic mass is 32.2. The number of thioether (sulfide) groups is 1. The maximum absolute atomic E-state index is 12.9. The van der Waals surface area contributed by atoms with Crippen molar-refractivity contribution in [3.8, 4) is 11.5 Å². The summed E-state index contributed by atoms with van der Waals surface area (Å²) in [4.78, 5) is 14.8. The summed E-state index contributed by atoms with van der Waals surface area (Å²) in [6.45, 7) is 1.95. The Morgan fingerprint density at radius 2 is 2.04 bits per heavy atom. The number of thiocarbonyl (C=S) groups is 1. The van der Waals surface area contributed by atoms with Gasteiger partial charge in [-0.2, -0.15) is 0 Å². The number of anilines is 1. The molecule has 4 rings (SSSR count). The van der Waals surface area contributed by atoms with Gasteiger partial charge in [0.2, 0.25) is 0 Å². The van der Waals surface area contributed by atoms with Gasteiger partial charge in [-0.05, 0) is 42.8 Å². The van der Waals surface area contributed by atoms with E-state index in [9.17, 15) is 9.90 Å². The fraction of sp³-hybridized carbons (Fsp3) is 0.100. The Labute approximate surface area is 160 Å². The van der Waals surface area contributed by atoms with Gasteiger partial charge >= 0.3 is 0 Å². The first-order valence-electron chi connectivity index (χ1n) is 8.07. The number of ether oxygens (including phenoxy) is 1. The predicted octanol–water partition coefficient (Wildman–Crippen LogP) is 4.51. The lowest BCUT2D eigenvalue weighted by molar-refractivity contribution is -0.113. The van der Waals surface area contributed by atoms with Crippen LogP contribution < -0.4 is 9.64 Å². The molecule has 1 N–H and O–H groups in total. The van der Waals surface area contributed by atoms with E-state index in [-0.39, 0.29) is 17.8 Å². The molecule has 130 valence electrons. The van der Waals surface area contributed by atoms with Gasteiger partial charge in [0, 0.05) is 11.6 Å². The molecular formula is C20H15NO3S2. The zero-order valence-electron chi connectivity index (χ0n) is 13.9. The van der Waals surface area contributed by atoms with Crippen LogP contribution in [0.25, 0.3) is 6.08 Å². The second-order valence-corrected chi connectivity index (χ2v) is 7.65. The average molecular weight is 381 g/mol. The zero-order valence-corrected chi connectivity index (χ0v) is 15.5. The Balaban J connectivity index is 1.68. The monoisotopic (exact) mass is 381 g/mol. The maximum atomic E-state index is 12.9. The van der Waals surface area contributed by atoms with Crippen LogP contribution in [0.4, 0.5) is 5.69 Å². The van der Waals surface area contributed by atoms with Crippen LogP contribution in [-0.2, 0) is 4.79 Å². The summed E-state index contributed by atoms with van der Waals surface area (Å²) in [5, 5.41) is 9.67. The topological polar surface area (TPSA) is 49.8 Å². The summed E-state index contributed by atoms with van der Waals surface area (Å²) in [6, 6.07) is 14.3. The number of benzene rings is 2. The van der Waals surface area contributed by atoms with Gasteiger partial charge in [0.25, 0.3) is 5.91 Å². The third kappa shape index (κ3) is 3.02. The quantitative estimate of drug-likeness (QED) is 0.613. The Bertz CT molecular complexity index is 981. The second kappa shape index (κ2) is 6.63. The molecule has 4 nitrogen and oxygen atoms in total. The van der Waals surface area contributed by atoms with Gasteiger partial charge in [-0.25, -0.2) is 0 Å². The number of para-hydroxylation sites is 1. The molecule has 2 aromatic carbocycles. The Hall–Kier alpha value is -2.57. The maximum Gasteiger partial charge on any atom is 0.270 e. The SMILES string of the molecule is CC1Oc2ccccc2C=C1C=C1SC(=S)N(c2cccc(O)c2)C1=O. The molecule has 2 aliphatic heterocycles. The van der Waals surface area contributed by atoms with Gasteiger partial charge in [-0.3, -0.25) is 9.69 Å². The van der Waals surface area contributed by atoms with Gasteiger partial charge in [-0.1, -0.05) is 48.2 Å². The Kier molecular flexibility index (Phi) is 4.30. The molecule has 2 aliphatic rings. The molecular weight excluding hydrogens is 366 g/mol. The number of rotatable bonds is 2. The number of hydrogen-bond donors (Lipinski definition) is 1. The van der Waals surface area contributed by atoms with Crippen LogP contribution in [0.1, 0.15) is 12.5 Å². The number of phenolic OH excluding ortho intramolecular Hbond substituents is 1. The molecule has 6 heteroatoms. The van der Waals surface area contributed by atoms with Crippen LogP contribution in [0.15, 0.2) is 65.1 Å². The number of fused-ring (bicyclic) bond motifs is 1. The number of phenols is 1. The molecule has 0 bridgehead atoms. The van der Waals surface area contributed by atoms with E-state index in [1.54, 1.807) is 18.2 Å². The van der Waals surface area contributed by atoms with Crippen molar-refractivity contribution in [2.24, 2.45) is 0 Å². The average Bonchev–Trinajstić information content (AvgIpc) is 2.89. The number of carbonyl (C=O) groups is 1. The van der Waals surface area contributed by atoms with Crippen LogP contribution in [0, 0.1) is 0 Å². The van der Waals surface area contributed by atoms with Crippen molar-refractivity contribution in [3.05, 3.63) is 70.6 Å². The predicted molar refractivity (Wildman–Crippen MR) is 108 cm³/mol. The summed E-state index contributed by atoms with van der Waals surface area (Å²) in [6.07, 6.45) is 3.71. The zero-order chi connectivity index (χ0) is 18.3. The van der Waals surface area contributed by atoms with Crippen molar-refractivity contribution in [1.29, 1.82) is 0 Å². The highest BCUT2D eigenvalue weighted by Crippen LogP contribution is 2.38. The van der Waals surface area contributed by atoms with Gasteiger partial charge < -0.3 is 9.84 Å². The van der Waals surface area contributed by atoms with Gasteiger partial charge in [-0.15, -0.1) is 0 Å². The first kappa shape index (κ1) is 16.9. The van der Waals surface area contributed by atoms with Gasteiger partial charge in [0.1, 0.15) is 17.6 Å². The van der Waals surface area contributed by atoms with Gasteiger partial charge in [0.15, 0.2) is 4.32 Å². The fourth-order valence-corrected chi connectivity index (χ4v) is 4.19. The highest BCUT2D eigenvalue weighted by Gasteiger charge is 2.34. The van der Waals surface area contributed by atoms with E-state index >= 15 is 0 Å². The number of nitrogens with zero attached hydrogens (tertiary/aromatic N) is 1. The number of hydrogen-bond acceptors (Lipinski definition) is 5. The smallest absolute Gasteiger partial charge is 0.270 e. The molecule has 0 radical (unpaired) electrons. The van der Waals surface area contributed by atoms with Crippen LogP contribution in [0.3, 0.4) is 0 Å². The molecule has 1 unspecified atom stereocenters. The van der Waals surface area contributed by atoms with E-state index in [1.165, 1.54) is 22.7 Å². The molecule has 1 atom stereocenters. The summed E-state index contributed by atoms with van der Waals surface area (Å²) in [5.41, 5.74) is 2.46. The normalized spacial score (nSPS) is 20.8. The van der Waals surface area contributed by atoms with Crippen molar-refractivity contribution in [2.75, 3.05) is 4.90 Å². The molecule has 0 aliphatic carbocycles. The standard InChI is InChI=1S/C20H15NO3S2/c1-12-14(9-13-5-2-3-8-17(13)24-12)10-18-19(23)21(20(25)26-18)15-6-4-7-16(22)11-15/h2-12,22H,1H3. The van der Waals surface area contributed by atoms with E-state index in [0.717, 1.165) is 16.9 Å². The van der Waals surface area contributed by atoms with Gasteiger partial charge in [0.05, 0.1) is 10.6 Å². The molecule has 0 aromatic heterocycles. The molecule has 2 aromatic rings. The fourth-order valence-electron chi connectivity index (χ4n) is 2.90. The van der Waals surface area contributed by atoms with E-state index in [1.807, 2.05) is 43.3 Å². The van der Waals surface area contributed by atoms with Crippen LogP contribution in [0.5, 0.6) is 11.5 Å². The molecule has 1 amide bonds. The molecule has 26 heavy (non-hydrogen) atoms. The van der Waals surface area contributed by atoms with Crippen molar-refractivity contribution in [3.63, 3.8) is 0 Å². The molecule has 1 fully saturated rings. The lowest BCUT2D eigenvalue weighted by atomic mass is 10.0.